The van der Waals surface area contributed by atoms with Crippen LogP contribution in [0, 0.1) is 12.7 Å². The van der Waals surface area contributed by atoms with Gasteiger partial charge in [-0.2, -0.15) is 0 Å². The van der Waals surface area contributed by atoms with Crippen molar-refractivity contribution in [3.05, 3.63) is 59.5 Å². The van der Waals surface area contributed by atoms with Crippen LogP contribution in [0.5, 0.6) is 0 Å². The molecule has 1 aromatic carbocycles. The molecule has 1 N–H and O–H groups in total. The molecule has 0 radical (unpaired) electrons. The van der Waals surface area contributed by atoms with E-state index in [4.69, 9.17) is 0 Å². The van der Waals surface area contributed by atoms with Crippen molar-refractivity contribution >= 4 is 5.82 Å². The SMILES string of the molecule is Cc1ccc(NCCc2ccc(F)cc2)nc1. The van der Waals surface area contributed by atoms with Gasteiger partial charge in [0.25, 0.3) is 0 Å². The third kappa shape index (κ3) is 3.55. The van der Waals surface area contributed by atoms with Gasteiger partial charge in [0.15, 0.2) is 0 Å². The van der Waals surface area contributed by atoms with E-state index >= 15 is 0 Å². The van der Waals surface area contributed by atoms with Crippen LogP contribution in [0.2, 0.25) is 0 Å². The van der Waals surface area contributed by atoms with E-state index in [1.807, 2.05) is 25.3 Å². The summed E-state index contributed by atoms with van der Waals surface area (Å²) < 4.78 is 12.7. The number of nitrogens with zero attached hydrogens (tertiary/aromatic N) is 1. The standard InChI is InChI=1S/C14H15FN2/c1-11-2-7-14(17-10-11)16-9-8-12-3-5-13(15)6-4-12/h2-7,10H,8-9H2,1H3,(H,16,17). The molecule has 1 heterocycles. The van der Waals surface area contributed by atoms with Crippen molar-refractivity contribution in [1.29, 1.82) is 0 Å². The van der Waals surface area contributed by atoms with Crippen LogP contribution in [0.15, 0.2) is 42.6 Å². The van der Waals surface area contributed by atoms with Gasteiger partial charge in [-0.1, -0.05) is 18.2 Å². The molecule has 0 saturated heterocycles. The number of aryl methyl sites for hydroxylation is 1. The molecule has 0 aliphatic heterocycles. The third-order valence-electron chi connectivity index (χ3n) is 2.54. The maximum atomic E-state index is 12.7. The number of anilines is 1. The van der Waals surface area contributed by atoms with E-state index in [1.54, 1.807) is 12.1 Å². The molecule has 2 aromatic rings. The van der Waals surface area contributed by atoms with E-state index < -0.39 is 0 Å². The molecule has 88 valence electrons. The van der Waals surface area contributed by atoms with Crippen LogP contribution >= 0.6 is 0 Å². The number of halogens is 1. The summed E-state index contributed by atoms with van der Waals surface area (Å²) in [6, 6.07) is 10.6. The molecule has 0 bridgehead atoms. The Balaban J connectivity index is 1.83. The minimum Gasteiger partial charge on any atom is -0.370 e. The molecule has 17 heavy (non-hydrogen) atoms. The summed E-state index contributed by atoms with van der Waals surface area (Å²) in [4.78, 5) is 4.25. The summed E-state index contributed by atoms with van der Waals surface area (Å²) in [5.74, 6) is 0.680. The molecule has 0 fully saturated rings. The Labute approximate surface area is 101 Å². The lowest BCUT2D eigenvalue weighted by molar-refractivity contribution is 0.627. The quantitative estimate of drug-likeness (QED) is 0.872. The van der Waals surface area contributed by atoms with E-state index in [1.165, 1.54) is 12.1 Å². The van der Waals surface area contributed by atoms with Crippen molar-refractivity contribution in [3.63, 3.8) is 0 Å². The van der Waals surface area contributed by atoms with Crippen LogP contribution < -0.4 is 5.32 Å². The largest absolute Gasteiger partial charge is 0.370 e. The summed E-state index contributed by atoms with van der Waals surface area (Å²) in [5.41, 5.74) is 2.26. The second kappa shape index (κ2) is 5.43. The van der Waals surface area contributed by atoms with Gasteiger partial charge in [-0.15, -0.1) is 0 Å². The first kappa shape index (κ1) is 11.6. The zero-order valence-electron chi connectivity index (χ0n) is 9.78. The molecular weight excluding hydrogens is 215 g/mol. The lowest BCUT2D eigenvalue weighted by atomic mass is 10.1. The van der Waals surface area contributed by atoms with Gasteiger partial charge in [-0.25, -0.2) is 9.37 Å². The molecule has 1 aromatic heterocycles. The minimum absolute atomic E-state index is 0.193. The molecule has 0 unspecified atom stereocenters. The highest BCUT2D eigenvalue weighted by Crippen LogP contribution is 2.06. The monoisotopic (exact) mass is 230 g/mol. The molecule has 3 heteroatoms. The number of pyridine rings is 1. The fraction of sp³-hybridized carbons (Fsp3) is 0.214. The number of benzene rings is 1. The first-order valence-electron chi connectivity index (χ1n) is 5.65. The van der Waals surface area contributed by atoms with E-state index in [0.717, 1.165) is 29.9 Å². The maximum absolute atomic E-state index is 12.7. The number of nitrogens with one attached hydrogen (secondary N) is 1. The number of aromatic nitrogens is 1. The number of hydrogen-bond acceptors (Lipinski definition) is 2. The van der Waals surface area contributed by atoms with Crippen LogP contribution in [-0.4, -0.2) is 11.5 Å². The van der Waals surface area contributed by atoms with Gasteiger partial charge < -0.3 is 5.32 Å². The van der Waals surface area contributed by atoms with Crippen LogP contribution in [-0.2, 0) is 6.42 Å². The molecule has 0 spiro atoms. The van der Waals surface area contributed by atoms with Crippen molar-refractivity contribution in [1.82, 2.24) is 4.98 Å². The van der Waals surface area contributed by atoms with Gasteiger partial charge in [0.2, 0.25) is 0 Å². The predicted octanol–water partition coefficient (Wildman–Crippen LogP) is 3.18. The molecule has 0 saturated carbocycles. The minimum atomic E-state index is -0.193. The highest BCUT2D eigenvalue weighted by molar-refractivity contribution is 5.35. The van der Waals surface area contributed by atoms with E-state index in [9.17, 15) is 4.39 Å². The first-order chi connectivity index (χ1) is 8.24. The van der Waals surface area contributed by atoms with E-state index in [-0.39, 0.29) is 5.82 Å². The van der Waals surface area contributed by atoms with Crippen molar-refractivity contribution < 1.29 is 4.39 Å². The van der Waals surface area contributed by atoms with Gasteiger partial charge >= 0.3 is 0 Å². The highest BCUT2D eigenvalue weighted by atomic mass is 19.1. The van der Waals surface area contributed by atoms with Gasteiger partial charge in [-0.3, -0.25) is 0 Å². The molecule has 2 nitrogen and oxygen atoms in total. The number of rotatable bonds is 4. The van der Waals surface area contributed by atoms with Gasteiger partial charge in [-0.05, 0) is 42.7 Å². The normalized spacial score (nSPS) is 10.2. The van der Waals surface area contributed by atoms with E-state index in [2.05, 4.69) is 10.3 Å². The van der Waals surface area contributed by atoms with Crippen molar-refractivity contribution in [3.8, 4) is 0 Å². The van der Waals surface area contributed by atoms with Gasteiger partial charge in [0.1, 0.15) is 11.6 Å². The molecule has 0 atom stereocenters. The third-order valence-corrected chi connectivity index (χ3v) is 2.54. The first-order valence-corrected chi connectivity index (χ1v) is 5.65. The molecule has 2 rings (SSSR count). The Bertz CT molecular complexity index is 417. The van der Waals surface area contributed by atoms with Crippen molar-refractivity contribution in [2.45, 2.75) is 13.3 Å². The van der Waals surface area contributed by atoms with Crippen LogP contribution in [0.1, 0.15) is 11.1 Å². The summed E-state index contributed by atoms with van der Waals surface area (Å²) in [5, 5.41) is 3.23. The smallest absolute Gasteiger partial charge is 0.125 e. The maximum Gasteiger partial charge on any atom is 0.125 e. The van der Waals surface area contributed by atoms with Crippen LogP contribution in [0.3, 0.4) is 0 Å². The van der Waals surface area contributed by atoms with Crippen LogP contribution in [0.4, 0.5) is 10.2 Å². The highest BCUT2D eigenvalue weighted by Gasteiger charge is 1.95. The lowest BCUT2D eigenvalue weighted by Crippen LogP contribution is -2.06. The zero-order chi connectivity index (χ0) is 12.1. The number of hydrogen-bond donors (Lipinski definition) is 1. The Morgan fingerprint density at radius 2 is 1.88 bits per heavy atom. The Hall–Kier alpha value is -1.90. The lowest BCUT2D eigenvalue weighted by Gasteiger charge is -2.05. The summed E-state index contributed by atoms with van der Waals surface area (Å²) >= 11 is 0. The predicted molar refractivity (Wildman–Crippen MR) is 67.6 cm³/mol. The Morgan fingerprint density at radius 1 is 1.12 bits per heavy atom. The van der Waals surface area contributed by atoms with Crippen molar-refractivity contribution in [2.24, 2.45) is 0 Å². The topological polar surface area (TPSA) is 24.9 Å². The molecule has 0 amide bonds. The summed E-state index contributed by atoms with van der Waals surface area (Å²) in [6.45, 7) is 2.80. The van der Waals surface area contributed by atoms with Gasteiger partial charge in [0.05, 0.1) is 0 Å². The second-order valence-electron chi connectivity index (χ2n) is 4.02. The average molecular weight is 230 g/mol. The average Bonchev–Trinajstić information content (AvgIpc) is 2.34. The summed E-state index contributed by atoms with van der Waals surface area (Å²) in [7, 11) is 0. The van der Waals surface area contributed by atoms with E-state index in [0.29, 0.717) is 0 Å². The second-order valence-corrected chi connectivity index (χ2v) is 4.02. The molecular formula is C14H15FN2. The summed E-state index contributed by atoms with van der Waals surface area (Å²) in [6.07, 6.45) is 2.69. The fourth-order valence-corrected chi connectivity index (χ4v) is 1.56. The van der Waals surface area contributed by atoms with Crippen molar-refractivity contribution in [2.75, 3.05) is 11.9 Å². The Kier molecular flexibility index (Phi) is 3.70. The Morgan fingerprint density at radius 3 is 2.53 bits per heavy atom. The zero-order valence-corrected chi connectivity index (χ0v) is 9.78. The molecule has 0 aliphatic carbocycles. The molecule has 0 aliphatic rings. The van der Waals surface area contributed by atoms with Crippen LogP contribution in [0.25, 0.3) is 0 Å². The van der Waals surface area contributed by atoms with Gasteiger partial charge in [0, 0.05) is 12.7 Å². The fourth-order valence-electron chi connectivity index (χ4n) is 1.56.